The van der Waals surface area contributed by atoms with Crippen LogP contribution in [0.3, 0.4) is 0 Å². The highest BCUT2D eigenvalue weighted by molar-refractivity contribution is 7.17. The molecule has 1 N–H and O–H groups in total. The third-order valence-corrected chi connectivity index (χ3v) is 5.48. The zero-order valence-electron chi connectivity index (χ0n) is 13.3. The molecule has 122 valence electrons. The van der Waals surface area contributed by atoms with Crippen LogP contribution < -0.4 is 10.9 Å². The first kappa shape index (κ1) is 15.1. The number of thiazole rings is 1. The molecule has 0 saturated carbocycles. The van der Waals surface area contributed by atoms with Crippen LogP contribution in [0, 0.1) is 6.92 Å². The van der Waals surface area contributed by atoms with Gasteiger partial charge in [0, 0.05) is 22.5 Å². The van der Waals surface area contributed by atoms with Gasteiger partial charge in [0.1, 0.15) is 5.56 Å². The number of aromatic nitrogens is 2. The molecule has 1 aliphatic rings. The first-order valence-electron chi connectivity index (χ1n) is 8.04. The highest BCUT2D eigenvalue weighted by Crippen LogP contribution is 2.28. The monoisotopic (exact) mass is 339 g/mol. The summed E-state index contributed by atoms with van der Waals surface area (Å²) in [6.45, 7) is 1.95. The maximum Gasteiger partial charge on any atom is 0.271 e. The molecule has 0 unspecified atom stereocenters. The van der Waals surface area contributed by atoms with E-state index in [9.17, 15) is 9.59 Å². The molecule has 6 heteroatoms. The number of amides is 1. The Hall–Kier alpha value is -2.47. The minimum Gasteiger partial charge on any atom is -0.322 e. The highest BCUT2D eigenvalue weighted by atomic mass is 32.1. The van der Waals surface area contributed by atoms with Gasteiger partial charge in [-0.3, -0.25) is 14.0 Å². The number of anilines is 1. The Morgan fingerprint density at radius 1 is 1.29 bits per heavy atom. The number of nitrogens with zero attached hydrogens (tertiary/aromatic N) is 2. The van der Waals surface area contributed by atoms with Gasteiger partial charge in [-0.1, -0.05) is 12.1 Å². The van der Waals surface area contributed by atoms with Gasteiger partial charge in [0.05, 0.1) is 0 Å². The SMILES string of the molecule is Cc1cccc(NC(=O)c2cnc3sc4c(n3c2=O)CCCC4)c1. The summed E-state index contributed by atoms with van der Waals surface area (Å²) >= 11 is 1.56. The second kappa shape index (κ2) is 5.87. The lowest BCUT2D eigenvalue weighted by molar-refractivity contribution is 0.102. The average molecular weight is 339 g/mol. The van der Waals surface area contributed by atoms with Crippen LogP contribution >= 0.6 is 11.3 Å². The van der Waals surface area contributed by atoms with Gasteiger partial charge in [-0.15, -0.1) is 11.3 Å². The van der Waals surface area contributed by atoms with Crippen molar-refractivity contribution in [2.75, 3.05) is 5.32 Å². The molecular weight excluding hydrogens is 322 g/mol. The van der Waals surface area contributed by atoms with E-state index >= 15 is 0 Å². The van der Waals surface area contributed by atoms with Crippen molar-refractivity contribution in [3.63, 3.8) is 0 Å². The quantitative estimate of drug-likeness (QED) is 0.780. The van der Waals surface area contributed by atoms with Gasteiger partial charge in [-0.2, -0.15) is 0 Å². The number of hydrogen-bond acceptors (Lipinski definition) is 4. The van der Waals surface area contributed by atoms with Crippen LogP contribution in [0.2, 0.25) is 0 Å². The molecule has 2 aromatic heterocycles. The predicted octanol–water partition coefficient (Wildman–Crippen LogP) is 3.20. The zero-order chi connectivity index (χ0) is 16.7. The van der Waals surface area contributed by atoms with E-state index in [4.69, 9.17) is 0 Å². The van der Waals surface area contributed by atoms with Crippen LogP contribution in [0.4, 0.5) is 5.69 Å². The fraction of sp³-hybridized carbons (Fsp3) is 0.278. The molecule has 0 saturated heterocycles. The van der Waals surface area contributed by atoms with E-state index in [0.29, 0.717) is 10.6 Å². The molecule has 24 heavy (non-hydrogen) atoms. The second-order valence-electron chi connectivity index (χ2n) is 6.10. The number of fused-ring (bicyclic) bond motifs is 3. The smallest absolute Gasteiger partial charge is 0.271 e. The van der Waals surface area contributed by atoms with Gasteiger partial charge in [0.2, 0.25) is 0 Å². The summed E-state index contributed by atoms with van der Waals surface area (Å²) in [5.74, 6) is -0.414. The Bertz CT molecular complexity index is 1000. The van der Waals surface area contributed by atoms with E-state index in [1.54, 1.807) is 21.8 Å². The first-order valence-corrected chi connectivity index (χ1v) is 8.85. The van der Waals surface area contributed by atoms with Crippen LogP contribution in [-0.2, 0) is 12.8 Å². The molecule has 0 fully saturated rings. The van der Waals surface area contributed by atoms with Crippen molar-refractivity contribution in [3.05, 3.63) is 62.5 Å². The molecule has 1 aromatic carbocycles. The fourth-order valence-corrected chi connectivity index (χ4v) is 4.31. The van der Waals surface area contributed by atoms with Crippen molar-refractivity contribution in [2.45, 2.75) is 32.6 Å². The van der Waals surface area contributed by atoms with Crippen molar-refractivity contribution >= 4 is 27.9 Å². The molecule has 2 heterocycles. The molecule has 0 spiro atoms. The second-order valence-corrected chi connectivity index (χ2v) is 7.16. The lowest BCUT2D eigenvalue weighted by atomic mass is 10.0. The summed E-state index contributed by atoms with van der Waals surface area (Å²) < 4.78 is 1.63. The molecule has 0 radical (unpaired) electrons. The number of carbonyl (C=O) groups excluding carboxylic acids is 1. The minimum absolute atomic E-state index is 0.0835. The van der Waals surface area contributed by atoms with Crippen LogP contribution in [0.5, 0.6) is 0 Å². The lowest BCUT2D eigenvalue weighted by Gasteiger charge is -2.10. The Morgan fingerprint density at radius 3 is 2.96 bits per heavy atom. The van der Waals surface area contributed by atoms with E-state index in [1.807, 2.05) is 25.1 Å². The normalized spacial score (nSPS) is 13.7. The fourth-order valence-electron chi connectivity index (χ4n) is 3.15. The largest absolute Gasteiger partial charge is 0.322 e. The molecule has 4 rings (SSSR count). The molecule has 0 aliphatic heterocycles. The summed E-state index contributed by atoms with van der Waals surface area (Å²) in [6, 6.07) is 7.50. The van der Waals surface area contributed by atoms with Gasteiger partial charge in [-0.25, -0.2) is 4.98 Å². The summed E-state index contributed by atoms with van der Waals surface area (Å²) in [5.41, 5.74) is 2.57. The standard InChI is InChI=1S/C18H17N3O2S/c1-11-5-4-6-12(9-11)20-16(22)13-10-19-18-21(17(13)23)14-7-2-3-8-15(14)24-18/h4-6,9-10H,2-3,7-8H2,1H3,(H,20,22). The van der Waals surface area contributed by atoms with Crippen molar-refractivity contribution in [1.82, 2.24) is 9.38 Å². The van der Waals surface area contributed by atoms with Crippen molar-refractivity contribution in [1.29, 1.82) is 0 Å². The summed E-state index contributed by atoms with van der Waals surface area (Å²) in [6.07, 6.45) is 5.48. The minimum atomic E-state index is -0.414. The maximum atomic E-state index is 12.8. The Morgan fingerprint density at radius 2 is 2.12 bits per heavy atom. The van der Waals surface area contributed by atoms with Crippen LogP contribution in [0.15, 0.2) is 35.3 Å². The van der Waals surface area contributed by atoms with Crippen molar-refractivity contribution in [2.24, 2.45) is 0 Å². The molecular formula is C18H17N3O2S. The highest BCUT2D eigenvalue weighted by Gasteiger charge is 2.21. The summed E-state index contributed by atoms with van der Waals surface area (Å²) in [5, 5.41) is 2.79. The van der Waals surface area contributed by atoms with Crippen LogP contribution in [0.1, 0.15) is 39.3 Å². The average Bonchev–Trinajstić information content (AvgIpc) is 2.94. The Balaban J connectivity index is 1.75. The number of nitrogens with one attached hydrogen (secondary N) is 1. The molecule has 5 nitrogen and oxygen atoms in total. The van der Waals surface area contributed by atoms with E-state index in [1.165, 1.54) is 11.1 Å². The topological polar surface area (TPSA) is 63.5 Å². The molecule has 0 bridgehead atoms. The molecule has 1 aliphatic carbocycles. The molecule has 3 aromatic rings. The van der Waals surface area contributed by atoms with Crippen LogP contribution in [0.25, 0.3) is 4.96 Å². The summed E-state index contributed by atoms with van der Waals surface area (Å²) in [4.78, 5) is 31.6. The Kier molecular flexibility index (Phi) is 3.69. The van der Waals surface area contributed by atoms with E-state index < -0.39 is 5.91 Å². The van der Waals surface area contributed by atoms with Gasteiger partial charge in [0.15, 0.2) is 4.96 Å². The summed E-state index contributed by atoms with van der Waals surface area (Å²) in [7, 11) is 0. The number of hydrogen-bond donors (Lipinski definition) is 1. The van der Waals surface area contributed by atoms with E-state index in [0.717, 1.165) is 36.9 Å². The van der Waals surface area contributed by atoms with E-state index in [2.05, 4.69) is 10.3 Å². The zero-order valence-corrected chi connectivity index (χ0v) is 14.2. The van der Waals surface area contributed by atoms with E-state index in [-0.39, 0.29) is 11.1 Å². The van der Waals surface area contributed by atoms with Crippen molar-refractivity contribution < 1.29 is 4.79 Å². The van der Waals surface area contributed by atoms with Gasteiger partial charge < -0.3 is 5.32 Å². The number of benzene rings is 1. The maximum absolute atomic E-state index is 12.8. The lowest BCUT2D eigenvalue weighted by Crippen LogP contribution is -2.27. The molecule has 1 amide bonds. The number of carbonyl (C=O) groups is 1. The predicted molar refractivity (Wildman–Crippen MR) is 95.1 cm³/mol. The number of aryl methyl sites for hydroxylation is 3. The van der Waals surface area contributed by atoms with Crippen LogP contribution in [-0.4, -0.2) is 15.3 Å². The van der Waals surface area contributed by atoms with Gasteiger partial charge >= 0.3 is 0 Å². The Labute approximate surface area is 143 Å². The van der Waals surface area contributed by atoms with Gasteiger partial charge in [0.25, 0.3) is 11.5 Å². The third kappa shape index (κ3) is 2.53. The first-order chi connectivity index (χ1) is 11.6. The third-order valence-electron chi connectivity index (χ3n) is 4.32. The van der Waals surface area contributed by atoms with Gasteiger partial charge in [-0.05, 0) is 50.3 Å². The van der Waals surface area contributed by atoms with Crippen molar-refractivity contribution in [3.8, 4) is 0 Å². The molecule has 0 atom stereocenters. The number of rotatable bonds is 2.